The number of hydrogen-bond acceptors (Lipinski definition) is 5. The van der Waals surface area contributed by atoms with Gasteiger partial charge in [0.05, 0.1) is 12.8 Å². The highest BCUT2D eigenvalue weighted by Crippen LogP contribution is 2.29. The summed E-state index contributed by atoms with van der Waals surface area (Å²) in [5, 5.41) is 8.11. The Balaban J connectivity index is 1.98. The van der Waals surface area contributed by atoms with Gasteiger partial charge in [-0.15, -0.1) is 10.2 Å². The van der Waals surface area contributed by atoms with Crippen LogP contribution in [0.4, 0.5) is 5.69 Å². The van der Waals surface area contributed by atoms with Crippen molar-refractivity contribution >= 4 is 5.69 Å². The summed E-state index contributed by atoms with van der Waals surface area (Å²) in [6.45, 7) is 0. The Bertz CT molecular complexity index is 723. The Kier molecular flexibility index (Phi) is 3.09. The lowest BCUT2D eigenvalue weighted by molar-refractivity contribution is 0.417. The molecule has 0 aliphatic carbocycles. The summed E-state index contributed by atoms with van der Waals surface area (Å²) in [4.78, 5) is 0. The maximum atomic E-state index is 5.78. The van der Waals surface area contributed by atoms with E-state index in [0.717, 1.165) is 11.1 Å². The van der Waals surface area contributed by atoms with Gasteiger partial charge in [0.2, 0.25) is 11.8 Å². The molecule has 0 radical (unpaired) electrons. The lowest BCUT2D eigenvalue weighted by Gasteiger charge is -2.04. The molecule has 0 fully saturated rings. The first-order valence-electron chi connectivity index (χ1n) is 6.11. The van der Waals surface area contributed by atoms with Crippen LogP contribution in [0.1, 0.15) is 0 Å². The van der Waals surface area contributed by atoms with Crippen LogP contribution in [-0.4, -0.2) is 17.3 Å². The number of benzene rings is 2. The van der Waals surface area contributed by atoms with E-state index in [0.29, 0.717) is 23.2 Å². The number of nitrogens with zero attached hydrogens (tertiary/aromatic N) is 2. The normalized spacial score (nSPS) is 10.4. The van der Waals surface area contributed by atoms with Crippen molar-refractivity contribution in [3.8, 4) is 28.7 Å². The number of ether oxygens (including phenoxy) is 1. The quantitative estimate of drug-likeness (QED) is 0.738. The zero-order chi connectivity index (χ0) is 13.9. The van der Waals surface area contributed by atoms with Gasteiger partial charge >= 0.3 is 0 Å². The highest BCUT2D eigenvalue weighted by atomic mass is 16.5. The van der Waals surface area contributed by atoms with Gasteiger partial charge in [-0.3, -0.25) is 0 Å². The molecule has 5 nitrogen and oxygen atoms in total. The summed E-state index contributed by atoms with van der Waals surface area (Å²) in [6, 6.07) is 15.0. The third kappa shape index (κ3) is 2.21. The van der Waals surface area contributed by atoms with Gasteiger partial charge < -0.3 is 14.9 Å². The molecule has 0 atom stereocenters. The predicted molar refractivity (Wildman–Crippen MR) is 76.1 cm³/mol. The van der Waals surface area contributed by atoms with Crippen molar-refractivity contribution in [3.63, 3.8) is 0 Å². The van der Waals surface area contributed by atoms with Crippen LogP contribution in [0.25, 0.3) is 22.9 Å². The van der Waals surface area contributed by atoms with Gasteiger partial charge in [0.15, 0.2) is 0 Å². The van der Waals surface area contributed by atoms with Gasteiger partial charge in [-0.25, -0.2) is 0 Å². The van der Waals surface area contributed by atoms with Crippen molar-refractivity contribution in [2.75, 3.05) is 12.8 Å². The number of nitrogen functional groups attached to an aromatic ring is 1. The first-order valence-corrected chi connectivity index (χ1v) is 6.11. The maximum absolute atomic E-state index is 5.78. The van der Waals surface area contributed by atoms with Crippen molar-refractivity contribution in [1.29, 1.82) is 0 Å². The minimum absolute atomic E-state index is 0.433. The van der Waals surface area contributed by atoms with E-state index in [9.17, 15) is 0 Å². The molecule has 0 bridgehead atoms. The molecule has 2 N–H and O–H groups in total. The number of aromatic nitrogens is 2. The number of methoxy groups -OCH3 is 1. The molecule has 0 aliphatic heterocycles. The highest BCUT2D eigenvalue weighted by Gasteiger charge is 2.11. The molecule has 0 saturated carbocycles. The van der Waals surface area contributed by atoms with E-state index in [1.165, 1.54) is 0 Å². The van der Waals surface area contributed by atoms with Crippen molar-refractivity contribution in [2.45, 2.75) is 0 Å². The zero-order valence-electron chi connectivity index (χ0n) is 10.9. The standard InChI is InChI=1S/C15H13N3O2/c1-19-13-9-11(7-8-12(13)16)15-18-17-14(20-15)10-5-3-2-4-6-10/h2-9H,16H2,1H3. The Morgan fingerprint density at radius 1 is 0.950 bits per heavy atom. The second-order valence-electron chi connectivity index (χ2n) is 4.24. The van der Waals surface area contributed by atoms with E-state index < -0.39 is 0 Å². The summed E-state index contributed by atoms with van der Waals surface area (Å²) < 4.78 is 10.9. The molecule has 5 heteroatoms. The molecule has 20 heavy (non-hydrogen) atoms. The molecule has 0 unspecified atom stereocenters. The summed E-state index contributed by atoms with van der Waals surface area (Å²) >= 11 is 0. The molecule has 2 aromatic carbocycles. The smallest absolute Gasteiger partial charge is 0.248 e. The molecule has 0 amide bonds. The first kappa shape index (κ1) is 12.2. The third-order valence-electron chi connectivity index (χ3n) is 2.93. The Hall–Kier alpha value is -2.82. The van der Waals surface area contributed by atoms with E-state index in [4.69, 9.17) is 14.9 Å². The van der Waals surface area contributed by atoms with Crippen LogP contribution in [0.2, 0.25) is 0 Å². The van der Waals surface area contributed by atoms with Gasteiger partial charge in [-0.2, -0.15) is 0 Å². The Morgan fingerprint density at radius 3 is 2.35 bits per heavy atom. The zero-order valence-corrected chi connectivity index (χ0v) is 10.9. The van der Waals surface area contributed by atoms with Gasteiger partial charge in [-0.05, 0) is 30.3 Å². The summed E-state index contributed by atoms with van der Waals surface area (Å²) in [6.07, 6.45) is 0. The molecule has 0 aliphatic rings. The summed E-state index contributed by atoms with van der Waals surface area (Å²) in [5.74, 6) is 1.50. The van der Waals surface area contributed by atoms with Gasteiger partial charge in [0, 0.05) is 11.1 Å². The fraction of sp³-hybridized carbons (Fsp3) is 0.0667. The third-order valence-corrected chi connectivity index (χ3v) is 2.93. The first-order chi connectivity index (χ1) is 9.78. The van der Waals surface area contributed by atoms with Gasteiger partial charge in [0.25, 0.3) is 0 Å². The van der Waals surface area contributed by atoms with Crippen LogP contribution in [0.5, 0.6) is 5.75 Å². The molecular formula is C15H13N3O2. The van der Waals surface area contributed by atoms with E-state index in [-0.39, 0.29) is 0 Å². The lowest BCUT2D eigenvalue weighted by Crippen LogP contribution is -1.92. The number of rotatable bonds is 3. The highest BCUT2D eigenvalue weighted by molar-refractivity contribution is 5.65. The van der Waals surface area contributed by atoms with Crippen LogP contribution in [-0.2, 0) is 0 Å². The predicted octanol–water partition coefficient (Wildman–Crippen LogP) is 2.99. The van der Waals surface area contributed by atoms with Crippen molar-refractivity contribution in [3.05, 3.63) is 48.5 Å². The monoisotopic (exact) mass is 267 g/mol. The minimum Gasteiger partial charge on any atom is -0.495 e. The molecule has 0 saturated heterocycles. The van der Waals surface area contributed by atoms with E-state index >= 15 is 0 Å². The van der Waals surface area contributed by atoms with Crippen LogP contribution in [0, 0.1) is 0 Å². The molecule has 0 spiro atoms. The molecule has 1 aromatic heterocycles. The fourth-order valence-corrected chi connectivity index (χ4v) is 1.88. The minimum atomic E-state index is 0.433. The SMILES string of the molecule is COc1cc(-c2nnc(-c3ccccc3)o2)ccc1N. The topological polar surface area (TPSA) is 74.2 Å². The van der Waals surface area contributed by atoms with Gasteiger partial charge in [-0.1, -0.05) is 18.2 Å². The lowest BCUT2D eigenvalue weighted by atomic mass is 10.2. The Labute approximate surface area is 116 Å². The van der Waals surface area contributed by atoms with Crippen LogP contribution >= 0.6 is 0 Å². The number of hydrogen-bond donors (Lipinski definition) is 1. The Morgan fingerprint density at radius 2 is 1.65 bits per heavy atom. The number of anilines is 1. The number of nitrogens with two attached hydrogens (primary N) is 1. The van der Waals surface area contributed by atoms with E-state index in [1.807, 2.05) is 36.4 Å². The van der Waals surface area contributed by atoms with Crippen molar-refractivity contribution in [2.24, 2.45) is 0 Å². The second kappa shape index (κ2) is 5.05. The largest absolute Gasteiger partial charge is 0.495 e. The van der Waals surface area contributed by atoms with Crippen molar-refractivity contribution in [1.82, 2.24) is 10.2 Å². The summed E-state index contributed by atoms with van der Waals surface area (Å²) in [5.41, 5.74) is 8.00. The van der Waals surface area contributed by atoms with Crippen LogP contribution in [0.15, 0.2) is 52.9 Å². The molecular weight excluding hydrogens is 254 g/mol. The van der Waals surface area contributed by atoms with Gasteiger partial charge in [0.1, 0.15) is 5.75 Å². The fourth-order valence-electron chi connectivity index (χ4n) is 1.88. The molecule has 1 heterocycles. The maximum Gasteiger partial charge on any atom is 0.248 e. The second-order valence-corrected chi connectivity index (χ2v) is 4.24. The molecule has 3 aromatic rings. The average Bonchev–Trinajstić information content (AvgIpc) is 2.98. The van der Waals surface area contributed by atoms with Crippen molar-refractivity contribution < 1.29 is 9.15 Å². The van der Waals surface area contributed by atoms with E-state index in [2.05, 4.69) is 10.2 Å². The summed E-state index contributed by atoms with van der Waals surface area (Å²) in [7, 11) is 1.57. The van der Waals surface area contributed by atoms with Crippen LogP contribution < -0.4 is 10.5 Å². The van der Waals surface area contributed by atoms with E-state index in [1.54, 1.807) is 19.2 Å². The average molecular weight is 267 g/mol. The molecule has 100 valence electrons. The molecule has 3 rings (SSSR count). The van der Waals surface area contributed by atoms with Crippen LogP contribution in [0.3, 0.4) is 0 Å².